The minimum Gasteiger partial charge on any atom is -0.494 e. The van der Waals surface area contributed by atoms with E-state index in [0.717, 1.165) is 43.9 Å². The highest BCUT2D eigenvalue weighted by atomic mass is 16.5. The van der Waals surface area contributed by atoms with Gasteiger partial charge in [0.1, 0.15) is 18.1 Å². The minimum atomic E-state index is -0.132. The number of carbonyl (C=O) groups is 1. The van der Waals surface area contributed by atoms with Crippen LogP contribution >= 0.6 is 0 Å². The molecule has 1 aromatic rings. The molecule has 5 nitrogen and oxygen atoms in total. The van der Waals surface area contributed by atoms with Crippen LogP contribution in [0.2, 0.25) is 0 Å². The van der Waals surface area contributed by atoms with Crippen LogP contribution in [0.15, 0.2) is 42.2 Å². The maximum Gasteiger partial charge on any atom is 0.227 e. The van der Waals surface area contributed by atoms with Gasteiger partial charge in [0.05, 0.1) is 18.6 Å². The summed E-state index contributed by atoms with van der Waals surface area (Å²) < 4.78 is 11.7. The molecule has 2 atom stereocenters. The molecule has 0 aromatic heterocycles. The molecule has 0 radical (unpaired) electrons. The highest BCUT2D eigenvalue weighted by Gasteiger charge is 2.25. The first-order valence-corrected chi connectivity index (χ1v) is 11.5. The summed E-state index contributed by atoms with van der Waals surface area (Å²) in [5.74, 6) is 1.80. The average molecular weight is 411 g/mol. The van der Waals surface area contributed by atoms with Crippen molar-refractivity contribution in [3.05, 3.63) is 53.3 Å². The Morgan fingerprint density at radius 3 is 2.93 bits per heavy atom. The van der Waals surface area contributed by atoms with Crippen molar-refractivity contribution in [2.24, 2.45) is 5.92 Å². The van der Waals surface area contributed by atoms with E-state index >= 15 is 0 Å². The van der Waals surface area contributed by atoms with Gasteiger partial charge in [0, 0.05) is 6.54 Å². The van der Waals surface area contributed by atoms with Crippen LogP contribution in [0, 0.1) is 5.92 Å². The number of likely N-dealkylation sites (tertiary alicyclic amines) is 1. The lowest BCUT2D eigenvalue weighted by atomic mass is 9.97. The molecule has 1 fully saturated rings. The molecule has 0 bridgehead atoms. The molecular formula is C25H34N2O3. The van der Waals surface area contributed by atoms with Crippen LogP contribution in [0.25, 0.3) is 0 Å². The molecule has 4 rings (SSSR count). The predicted octanol–water partition coefficient (Wildman–Crippen LogP) is 3.98. The van der Waals surface area contributed by atoms with Gasteiger partial charge in [-0.05, 0) is 74.5 Å². The van der Waals surface area contributed by atoms with Gasteiger partial charge in [0.25, 0.3) is 0 Å². The summed E-state index contributed by atoms with van der Waals surface area (Å²) >= 11 is 0. The molecule has 0 spiro atoms. The van der Waals surface area contributed by atoms with E-state index < -0.39 is 0 Å². The Balaban J connectivity index is 1.26. The number of amides is 1. The number of hydrogen-bond donors (Lipinski definition) is 1. The van der Waals surface area contributed by atoms with Crippen molar-refractivity contribution in [3.63, 3.8) is 0 Å². The third-order valence-corrected chi connectivity index (χ3v) is 6.16. The van der Waals surface area contributed by atoms with Crippen LogP contribution in [0.4, 0.5) is 0 Å². The van der Waals surface area contributed by atoms with E-state index in [9.17, 15) is 4.79 Å². The molecule has 1 aromatic carbocycles. The van der Waals surface area contributed by atoms with Gasteiger partial charge in [-0.25, -0.2) is 0 Å². The van der Waals surface area contributed by atoms with E-state index in [0.29, 0.717) is 13.0 Å². The van der Waals surface area contributed by atoms with Gasteiger partial charge in [-0.2, -0.15) is 0 Å². The Morgan fingerprint density at radius 2 is 2.17 bits per heavy atom. The normalized spacial score (nSPS) is 23.4. The molecule has 1 saturated heterocycles. The maximum atomic E-state index is 12.7. The van der Waals surface area contributed by atoms with Crippen molar-refractivity contribution in [1.29, 1.82) is 0 Å². The largest absolute Gasteiger partial charge is 0.494 e. The third kappa shape index (κ3) is 5.45. The number of unbranched alkanes of at least 4 members (excludes halogenated alkanes) is 1. The Labute approximate surface area is 180 Å². The summed E-state index contributed by atoms with van der Waals surface area (Å²) in [6.07, 6.45) is 12.2. The Bertz CT molecular complexity index is 796. The monoisotopic (exact) mass is 410 g/mol. The second-order valence-electron chi connectivity index (χ2n) is 8.66. The molecule has 1 N–H and O–H groups in total. The molecule has 1 aliphatic carbocycles. The van der Waals surface area contributed by atoms with E-state index in [1.54, 1.807) is 0 Å². The number of fused-ring (bicyclic) bond motifs is 1. The second kappa shape index (κ2) is 10.2. The molecule has 2 aliphatic heterocycles. The number of ether oxygens (including phenoxy) is 2. The first-order valence-electron chi connectivity index (χ1n) is 11.5. The van der Waals surface area contributed by atoms with Crippen LogP contribution in [-0.4, -0.2) is 43.2 Å². The summed E-state index contributed by atoms with van der Waals surface area (Å²) in [4.78, 5) is 15.2. The molecule has 162 valence electrons. The highest BCUT2D eigenvalue weighted by Crippen LogP contribution is 2.27. The molecule has 0 saturated carbocycles. The molecule has 30 heavy (non-hydrogen) atoms. The zero-order chi connectivity index (χ0) is 20.8. The van der Waals surface area contributed by atoms with Crippen molar-refractivity contribution in [3.8, 4) is 5.75 Å². The smallest absolute Gasteiger partial charge is 0.227 e. The zero-order valence-corrected chi connectivity index (χ0v) is 18.1. The van der Waals surface area contributed by atoms with Crippen LogP contribution in [0.5, 0.6) is 5.75 Å². The molecule has 5 heteroatoms. The first kappa shape index (κ1) is 21.0. The fraction of sp³-hybridized carbons (Fsp3) is 0.560. The number of benzene rings is 1. The van der Waals surface area contributed by atoms with Crippen molar-refractivity contribution in [2.45, 2.75) is 58.0 Å². The number of rotatable bonds is 8. The average Bonchev–Trinajstić information content (AvgIpc) is 3.27. The van der Waals surface area contributed by atoms with Crippen molar-refractivity contribution >= 4 is 5.91 Å². The van der Waals surface area contributed by atoms with Gasteiger partial charge in [-0.15, -0.1) is 0 Å². The summed E-state index contributed by atoms with van der Waals surface area (Å²) in [5, 5.41) is 3.18. The highest BCUT2D eigenvalue weighted by molar-refractivity contribution is 5.81. The SMILES string of the molecule is CCCCOC1=CCC(C(=O)NC2COc3cc(CN4CCCC4)ccc3C2)C=C1. The Kier molecular flexibility index (Phi) is 7.11. The molecular weight excluding hydrogens is 376 g/mol. The zero-order valence-electron chi connectivity index (χ0n) is 18.1. The van der Waals surface area contributed by atoms with Gasteiger partial charge < -0.3 is 14.8 Å². The topological polar surface area (TPSA) is 50.8 Å². The van der Waals surface area contributed by atoms with E-state index in [-0.39, 0.29) is 17.9 Å². The first-order chi connectivity index (χ1) is 14.7. The Hall–Kier alpha value is -2.27. The molecule has 2 heterocycles. The van der Waals surface area contributed by atoms with E-state index in [2.05, 4.69) is 35.3 Å². The molecule has 3 aliphatic rings. The number of nitrogens with one attached hydrogen (secondary N) is 1. The van der Waals surface area contributed by atoms with E-state index in [1.807, 2.05) is 18.2 Å². The standard InChI is InChI=1S/C25H34N2O3/c1-2-3-14-29-23-10-8-20(9-11-23)25(28)26-22-16-21-7-6-19(15-24(21)30-18-22)17-27-12-4-5-13-27/h6-8,10-11,15,20,22H,2-5,9,12-14,16-18H2,1H3,(H,26,28). The maximum absolute atomic E-state index is 12.7. The predicted molar refractivity (Wildman–Crippen MR) is 118 cm³/mol. The molecule has 1 amide bonds. The van der Waals surface area contributed by atoms with E-state index in [4.69, 9.17) is 9.47 Å². The van der Waals surface area contributed by atoms with Crippen LogP contribution in [0.3, 0.4) is 0 Å². The van der Waals surface area contributed by atoms with Crippen LogP contribution in [0.1, 0.15) is 50.2 Å². The summed E-state index contributed by atoms with van der Waals surface area (Å²) in [6.45, 7) is 6.82. The fourth-order valence-electron chi connectivity index (χ4n) is 4.35. The second-order valence-corrected chi connectivity index (χ2v) is 8.66. The summed E-state index contributed by atoms with van der Waals surface area (Å²) in [7, 11) is 0. The summed E-state index contributed by atoms with van der Waals surface area (Å²) in [5.41, 5.74) is 2.50. The van der Waals surface area contributed by atoms with Crippen molar-refractivity contribution in [2.75, 3.05) is 26.3 Å². The third-order valence-electron chi connectivity index (χ3n) is 6.16. The number of carbonyl (C=O) groups excluding carboxylic acids is 1. The van der Waals surface area contributed by atoms with Gasteiger partial charge in [0.2, 0.25) is 5.91 Å². The van der Waals surface area contributed by atoms with E-state index in [1.165, 1.54) is 37.1 Å². The van der Waals surface area contributed by atoms with Gasteiger partial charge in [-0.3, -0.25) is 9.69 Å². The summed E-state index contributed by atoms with van der Waals surface area (Å²) in [6, 6.07) is 6.58. The van der Waals surface area contributed by atoms with Gasteiger partial charge in [-0.1, -0.05) is 31.6 Å². The van der Waals surface area contributed by atoms with Crippen LogP contribution < -0.4 is 10.1 Å². The van der Waals surface area contributed by atoms with Gasteiger partial charge >= 0.3 is 0 Å². The van der Waals surface area contributed by atoms with Crippen molar-refractivity contribution in [1.82, 2.24) is 10.2 Å². The number of nitrogens with zero attached hydrogens (tertiary/aromatic N) is 1. The lowest BCUT2D eigenvalue weighted by Crippen LogP contribution is -2.45. The van der Waals surface area contributed by atoms with Gasteiger partial charge in [0.15, 0.2) is 0 Å². The fourth-order valence-corrected chi connectivity index (χ4v) is 4.35. The lowest BCUT2D eigenvalue weighted by molar-refractivity contribution is -0.124. The quantitative estimate of drug-likeness (QED) is 0.659. The lowest BCUT2D eigenvalue weighted by Gasteiger charge is -2.28. The molecule has 2 unspecified atom stereocenters. The minimum absolute atomic E-state index is 0.0222. The number of hydrogen-bond acceptors (Lipinski definition) is 4. The number of allylic oxidation sites excluding steroid dienone is 2. The van der Waals surface area contributed by atoms with Crippen LogP contribution in [-0.2, 0) is 22.5 Å². The van der Waals surface area contributed by atoms with Crippen molar-refractivity contribution < 1.29 is 14.3 Å². The Morgan fingerprint density at radius 1 is 1.30 bits per heavy atom.